The zero-order valence-electron chi connectivity index (χ0n) is 14.7. The van der Waals surface area contributed by atoms with Gasteiger partial charge in [-0.15, -0.1) is 0 Å². The standard InChI is InChI=1S/C18H27NO4/c1-10(2)15-8-7-14(9-12(15)5)23-13(6)17(20)19-16(11(3)4)18(21)22/h7-11,13,16H,1-6H3,(H,19,20)(H,21,22). The number of benzene rings is 1. The van der Waals surface area contributed by atoms with E-state index >= 15 is 0 Å². The second kappa shape index (κ2) is 7.99. The summed E-state index contributed by atoms with van der Waals surface area (Å²) in [6, 6.07) is 4.81. The molecule has 0 radical (unpaired) electrons. The molecule has 0 aliphatic heterocycles. The number of aliphatic carboxylic acids is 1. The second-order valence-corrected chi connectivity index (χ2v) is 6.50. The molecule has 2 atom stereocenters. The highest BCUT2D eigenvalue weighted by Crippen LogP contribution is 2.24. The Kier molecular flexibility index (Phi) is 6.61. The van der Waals surface area contributed by atoms with Crippen LogP contribution in [-0.4, -0.2) is 29.1 Å². The molecular formula is C18H27NO4. The lowest BCUT2D eigenvalue weighted by Crippen LogP contribution is -2.48. The molecule has 5 heteroatoms. The van der Waals surface area contributed by atoms with Crippen LogP contribution in [0.2, 0.25) is 0 Å². The summed E-state index contributed by atoms with van der Waals surface area (Å²) in [4.78, 5) is 23.3. The van der Waals surface area contributed by atoms with Crippen LogP contribution in [0.5, 0.6) is 5.75 Å². The number of amides is 1. The van der Waals surface area contributed by atoms with Crippen molar-refractivity contribution >= 4 is 11.9 Å². The van der Waals surface area contributed by atoms with Gasteiger partial charge in [0, 0.05) is 0 Å². The molecule has 0 heterocycles. The monoisotopic (exact) mass is 321 g/mol. The number of carbonyl (C=O) groups excluding carboxylic acids is 1. The number of aryl methyl sites for hydroxylation is 1. The predicted molar refractivity (Wildman–Crippen MR) is 89.8 cm³/mol. The lowest BCUT2D eigenvalue weighted by Gasteiger charge is -2.21. The first-order valence-corrected chi connectivity index (χ1v) is 7.93. The molecular weight excluding hydrogens is 294 g/mol. The molecule has 0 saturated heterocycles. The third kappa shape index (κ3) is 5.27. The molecule has 1 aromatic carbocycles. The number of hydrogen-bond donors (Lipinski definition) is 2. The average Bonchev–Trinajstić information content (AvgIpc) is 2.43. The lowest BCUT2D eigenvalue weighted by atomic mass is 9.98. The molecule has 0 aliphatic rings. The van der Waals surface area contributed by atoms with Crippen LogP contribution >= 0.6 is 0 Å². The molecule has 0 saturated carbocycles. The van der Waals surface area contributed by atoms with Crippen molar-refractivity contribution in [3.8, 4) is 5.75 Å². The fourth-order valence-corrected chi connectivity index (χ4v) is 2.41. The first-order valence-electron chi connectivity index (χ1n) is 7.93. The molecule has 2 unspecified atom stereocenters. The summed E-state index contributed by atoms with van der Waals surface area (Å²) in [6.45, 7) is 11.4. The van der Waals surface area contributed by atoms with E-state index in [4.69, 9.17) is 9.84 Å². The van der Waals surface area contributed by atoms with E-state index in [-0.39, 0.29) is 5.92 Å². The number of carbonyl (C=O) groups is 2. The van der Waals surface area contributed by atoms with E-state index in [9.17, 15) is 9.59 Å². The Balaban J connectivity index is 2.75. The molecule has 0 aromatic heterocycles. The van der Waals surface area contributed by atoms with Gasteiger partial charge in [0.15, 0.2) is 6.10 Å². The molecule has 2 N–H and O–H groups in total. The van der Waals surface area contributed by atoms with Crippen LogP contribution in [0.15, 0.2) is 18.2 Å². The van der Waals surface area contributed by atoms with Gasteiger partial charge < -0.3 is 15.2 Å². The molecule has 1 rings (SSSR count). The predicted octanol–water partition coefficient (Wildman–Crippen LogP) is 3.11. The van der Waals surface area contributed by atoms with Gasteiger partial charge in [0.25, 0.3) is 5.91 Å². The molecule has 5 nitrogen and oxygen atoms in total. The van der Waals surface area contributed by atoms with Crippen LogP contribution in [0.1, 0.15) is 51.7 Å². The SMILES string of the molecule is Cc1cc(OC(C)C(=O)NC(C(=O)O)C(C)C)ccc1C(C)C. The van der Waals surface area contributed by atoms with E-state index in [0.717, 1.165) is 5.56 Å². The van der Waals surface area contributed by atoms with Crippen LogP contribution in [0.3, 0.4) is 0 Å². The van der Waals surface area contributed by atoms with Gasteiger partial charge in [-0.25, -0.2) is 4.79 Å². The number of carboxylic acids is 1. The van der Waals surface area contributed by atoms with Gasteiger partial charge in [-0.2, -0.15) is 0 Å². The van der Waals surface area contributed by atoms with Crippen molar-refractivity contribution in [1.82, 2.24) is 5.32 Å². The summed E-state index contributed by atoms with van der Waals surface area (Å²) in [6.07, 6.45) is -0.764. The van der Waals surface area contributed by atoms with Gasteiger partial charge in [0.1, 0.15) is 11.8 Å². The van der Waals surface area contributed by atoms with Crippen LogP contribution in [0.25, 0.3) is 0 Å². The molecule has 0 fully saturated rings. The number of carboxylic acid groups (broad SMARTS) is 1. The van der Waals surface area contributed by atoms with Crippen molar-refractivity contribution in [2.45, 2.75) is 59.6 Å². The number of nitrogens with one attached hydrogen (secondary N) is 1. The maximum atomic E-state index is 12.1. The smallest absolute Gasteiger partial charge is 0.326 e. The van der Waals surface area contributed by atoms with Gasteiger partial charge in [-0.05, 0) is 48.9 Å². The Morgan fingerprint density at radius 2 is 1.74 bits per heavy atom. The molecule has 128 valence electrons. The number of ether oxygens (including phenoxy) is 1. The fraction of sp³-hybridized carbons (Fsp3) is 0.556. The summed E-state index contributed by atoms with van der Waals surface area (Å²) in [7, 11) is 0. The maximum absolute atomic E-state index is 12.1. The lowest BCUT2D eigenvalue weighted by molar-refractivity contribution is -0.144. The first-order chi connectivity index (χ1) is 10.6. The number of rotatable bonds is 7. The van der Waals surface area contributed by atoms with Gasteiger partial charge >= 0.3 is 5.97 Å². The van der Waals surface area contributed by atoms with E-state index in [2.05, 4.69) is 19.2 Å². The fourth-order valence-electron chi connectivity index (χ4n) is 2.41. The summed E-state index contributed by atoms with van der Waals surface area (Å²) in [5.41, 5.74) is 2.34. The van der Waals surface area contributed by atoms with E-state index in [1.165, 1.54) is 5.56 Å². The van der Waals surface area contributed by atoms with E-state index < -0.39 is 24.0 Å². The molecule has 0 aliphatic carbocycles. The second-order valence-electron chi connectivity index (χ2n) is 6.50. The number of hydrogen-bond acceptors (Lipinski definition) is 3. The third-order valence-corrected chi connectivity index (χ3v) is 3.78. The van der Waals surface area contributed by atoms with Crippen molar-refractivity contribution < 1.29 is 19.4 Å². The van der Waals surface area contributed by atoms with Crippen LogP contribution < -0.4 is 10.1 Å². The zero-order valence-corrected chi connectivity index (χ0v) is 14.7. The van der Waals surface area contributed by atoms with Crippen molar-refractivity contribution in [1.29, 1.82) is 0 Å². The molecule has 0 bridgehead atoms. The minimum atomic E-state index is -1.04. The molecule has 23 heavy (non-hydrogen) atoms. The van der Waals surface area contributed by atoms with E-state index in [0.29, 0.717) is 11.7 Å². The minimum absolute atomic E-state index is 0.198. The highest BCUT2D eigenvalue weighted by Gasteiger charge is 2.26. The van der Waals surface area contributed by atoms with Crippen molar-refractivity contribution in [3.63, 3.8) is 0 Å². The van der Waals surface area contributed by atoms with Crippen molar-refractivity contribution in [2.75, 3.05) is 0 Å². The zero-order chi connectivity index (χ0) is 17.7. The maximum Gasteiger partial charge on any atom is 0.326 e. The summed E-state index contributed by atoms with van der Waals surface area (Å²) >= 11 is 0. The summed E-state index contributed by atoms with van der Waals surface area (Å²) in [5, 5.41) is 11.6. The van der Waals surface area contributed by atoms with Gasteiger partial charge in [0.05, 0.1) is 0 Å². The third-order valence-electron chi connectivity index (χ3n) is 3.78. The Hall–Kier alpha value is -2.04. The molecule has 0 spiro atoms. The Bertz CT molecular complexity index is 566. The van der Waals surface area contributed by atoms with Gasteiger partial charge in [-0.1, -0.05) is 33.8 Å². The Labute approximate surface area is 138 Å². The molecule has 1 amide bonds. The van der Waals surface area contributed by atoms with Crippen LogP contribution in [0.4, 0.5) is 0 Å². The topological polar surface area (TPSA) is 75.6 Å². The normalized spacial score (nSPS) is 13.7. The highest BCUT2D eigenvalue weighted by molar-refractivity contribution is 5.86. The summed E-state index contributed by atoms with van der Waals surface area (Å²) < 4.78 is 5.65. The van der Waals surface area contributed by atoms with Crippen LogP contribution in [-0.2, 0) is 9.59 Å². The molecule has 1 aromatic rings. The van der Waals surface area contributed by atoms with Gasteiger partial charge in [-0.3, -0.25) is 4.79 Å². The minimum Gasteiger partial charge on any atom is -0.481 e. The van der Waals surface area contributed by atoms with Gasteiger partial charge in [0.2, 0.25) is 0 Å². The van der Waals surface area contributed by atoms with E-state index in [1.54, 1.807) is 20.8 Å². The van der Waals surface area contributed by atoms with Crippen molar-refractivity contribution in [3.05, 3.63) is 29.3 Å². The highest BCUT2D eigenvalue weighted by atomic mass is 16.5. The summed E-state index contributed by atoms with van der Waals surface area (Å²) in [5.74, 6) is -0.649. The average molecular weight is 321 g/mol. The van der Waals surface area contributed by atoms with Crippen LogP contribution in [0, 0.1) is 12.8 Å². The first kappa shape index (κ1) is 19.0. The largest absolute Gasteiger partial charge is 0.481 e. The quantitative estimate of drug-likeness (QED) is 0.809. The Morgan fingerprint density at radius 3 is 2.17 bits per heavy atom. The van der Waals surface area contributed by atoms with Crippen molar-refractivity contribution in [2.24, 2.45) is 5.92 Å². The Morgan fingerprint density at radius 1 is 1.13 bits per heavy atom. The van der Waals surface area contributed by atoms with E-state index in [1.807, 2.05) is 25.1 Å².